The maximum atomic E-state index is 12.3. The highest BCUT2D eigenvalue weighted by atomic mass is 16.5. The molecule has 0 saturated heterocycles. The summed E-state index contributed by atoms with van der Waals surface area (Å²) in [7, 11) is 0. The Morgan fingerprint density at radius 1 is 0.733 bits per heavy atom. The van der Waals surface area contributed by atoms with Gasteiger partial charge in [-0.25, -0.2) is 4.79 Å². The van der Waals surface area contributed by atoms with Crippen molar-refractivity contribution < 1.29 is 14.3 Å². The Labute approximate surface area is 176 Å². The Balaban J connectivity index is 1.48. The van der Waals surface area contributed by atoms with Crippen molar-refractivity contribution in [2.24, 2.45) is 0 Å². The molecule has 3 amide bonds. The van der Waals surface area contributed by atoms with Crippen LogP contribution in [0.4, 0.5) is 21.9 Å². The van der Waals surface area contributed by atoms with Crippen molar-refractivity contribution >= 4 is 29.0 Å². The Morgan fingerprint density at radius 2 is 1.30 bits per heavy atom. The Hall–Kier alpha value is -3.80. The van der Waals surface area contributed by atoms with Crippen LogP contribution < -0.4 is 20.7 Å². The summed E-state index contributed by atoms with van der Waals surface area (Å²) in [6.45, 7) is 2.53. The summed E-state index contributed by atoms with van der Waals surface area (Å²) < 4.78 is 5.60. The fraction of sp³-hybridized carbons (Fsp3) is 0.167. The van der Waals surface area contributed by atoms with Gasteiger partial charge >= 0.3 is 6.03 Å². The molecule has 0 heterocycles. The monoisotopic (exact) mass is 403 g/mol. The van der Waals surface area contributed by atoms with Gasteiger partial charge in [-0.15, -0.1) is 0 Å². The number of benzene rings is 3. The molecule has 0 bridgehead atoms. The van der Waals surface area contributed by atoms with Crippen molar-refractivity contribution in [2.45, 2.75) is 19.8 Å². The molecule has 0 aromatic heterocycles. The van der Waals surface area contributed by atoms with E-state index in [1.807, 2.05) is 61.5 Å². The summed E-state index contributed by atoms with van der Waals surface area (Å²) in [5.74, 6) is 0.737. The minimum absolute atomic E-state index is 0.0798. The van der Waals surface area contributed by atoms with Crippen molar-refractivity contribution in [3.63, 3.8) is 0 Å². The quantitative estimate of drug-likeness (QED) is 0.477. The minimum Gasteiger partial charge on any atom is -0.494 e. The predicted molar refractivity (Wildman–Crippen MR) is 120 cm³/mol. The molecule has 3 aromatic carbocycles. The van der Waals surface area contributed by atoms with Gasteiger partial charge in [0.05, 0.1) is 6.61 Å². The van der Waals surface area contributed by atoms with Gasteiger partial charge in [0.1, 0.15) is 5.75 Å². The third-order valence-corrected chi connectivity index (χ3v) is 4.35. The number of para-hydroxylation sites is 2. The van der Waals surface area contributed by atoms with Gasteiger partial charge in [-0.2, -0.15) is 0 Å². The average molecular weight is 403 g/mol. The van der Waals surface area contributed by atoms with E-state index in [0.29, 0.717) is 36.5 Å². The molecule has 0 saturated carbocycles. The van der Waals surface area contributed by atoms with Gasteiger partial charge in [-0.05, 0) is 61.4 Å². The summed E-state index contributed by atoms with van der Waals surface area (Å²) in [5, 5.41) is 8.39. The molecule has 30 heavy (non-hydrogen) atoms. The Bertz CT molecular complexity index is 973. The van der Waals surface area contributed by atoms with E-state index in [1.54, 1.807) is 24.3 Å². The number of amides is 3. The lowest BCUT2D eigenvalue weighted by molar-refractivity contribution is -0.116. The second kappa shape index (κ2) is 10.7. The molecule has 0 unspecified atom stereocenters. The number of carbonyl (C=O) groups excluding carboxylic acids is 2. The third-order valence-electron chi connectivity index (χ3n) is 4.35. The zero-order valence-corrected chi connectivity index (χ0v) is 16.9. The van der Waals surface area contributed by atoms with Gasteiger partial charge in [0, 0.05) is 23.5 Å². The number of urea groups is 1. The first-order valence-corrected chi connectivity index (χ1v) is 9.87. The highest BCUT2D eigenvalue weighted by Gasteiger charge is 2.08. The molecule has 0 aliphatic rings. The van der Waals surface area contributed by atoms with E-state index in [1.165, 1.54) is 0 Å². The van der Waals surface area contributed by atoms with Gasteiger partial charge in [0.2, 0.25) is 5.91 Å². The molecular formula is C24H25N3O3. The molecule has 154 valence electrons. The van der Waals surface area contributed by atoms with Crippen LogP contribution in [0.3, 0.4) is 0 Å². The molecule has 6 nitrogen and oxygen atoms in total. The van der Waals surface area contributed by atoms with Gasteiger partial charge < -0.3 is 20.7 Å². The lowest BCUT2D eigenvalue weighted by Crippen LogP contribution is -2.19. The van der Waals surface area contributed by atoms with Crippen molar-refractivity contribution in [3.05, 3.63) is 84.4 Å². The van der Waals surface area contributed by atoms with Crippen LogP contribution in [0.2, 0.25) is 0 Å². The van der Waals surface area contributed by atoms with Crippen LogP contribution in [0.5, 0.6) is 5.75 Å². The van der Waals surface area contributed by atoms with Crippen LogP contribution >= 0.6 is 0 Å². The van der Waals surface area contributed by atoms with Crippen molar-refractivity contribution in [2.75, 3.05) is 22.6 Å². The van der Waals surface area contributed by atoms with Crippen LogP contribution in [0.1, 0.15) is 18.9 Å². The number of rotatable bonds is 8. The van der Waals surface area contributed by atoms with Crippen LogP contribution in [0.15, 0.2) is 78.9 Å². The van der Waals surface area contributed by atoms with Crippen LogP contribution in [-0.2, 0) is 11.2 Å². The van der Waals surface area contributed by atoms with E-state index in [2.05, 4.69) is 16.0 Å². The van der Waals surface area contributed by atoms with Crippen molar-refractivity contribution in [1.82, 2.24) is 0 Å². The number of nitrogens with one attached hydrogen (secondary N) is 3. The van der Waals surface area contributed by atoms with E-state index < -0.39 is 0 Å². The summed E-state index contributed by atoms with van der Waals surface area (Å²) in [4.78, 5) is 24.3. The van der Waals surface area contributed by atoms with E-state index in [-0.39, 0.29) is 11.9 Å². The second-order valence-corrected chi connectivity index (χ2v) is 6.61. The van der Waals surface area contributed by atoms with E-state index >= 15 is 0 Å². The summed E-state index contributed by atoms with van der Waals surface area (Å²) >= 11 is 0. The van der Waals surface area contributed by atoms with E-state index in [9.17, 15) is 9.59 Å². The molecule has 6 heteroatoms. The highest BCUT2D eigenvalue weighted by Crippen LogP contribution is 2.20. The van der Waals surface area contributed by atoms with Crippen molar-refractivity contribution in [1.29, 1.82) is 0 Å². The summed E-state index contributed by atoms with van der Waals surface area (Å²) in [6, 6.07) is 23.6. The second-order valence-electron chi connectivity index (χ2n) is 6.61. The summed E-state index contributed by atoms with van der Waals surface area (Å²) in [5.41, 5.74) is 3.03. The van der Waals surface area contributed by atoms with Gasteiger partial charge in [-0.1, -0.05) is 36.4 Å². The minimum atomic E-state index is -0.328. The molecule has 0 radical (unpaired) electrons. The molecule has 3 aromatic rings. The number of hydrogen-bond donors (Lipinski definition) is 3. The number of ether oxygens (including phenoxy) is 1. The zero-order chi connectivity index (χ0) is 21.2. The molecule has 3 N–H and O–H groups in total. The smallest absolute Gasteiger partial charge is 0.323 e. The largest absolute Gasteiger partial charge is 0.494 e. The topological polar surface area (TPSA) is 79.5 Å². The zero-order valence-electron chi connectivity index (χ0n) is 16.9. The number of hydrogen-bond acceptors (Lipinski definition) is 3. The number of aryl methyl sites for hydroxylation is 1. The standard InChI is InChI=1S/C24H25N3O3/c1-2-30-22-11-7-6-8-18(22)12-17-23(28)25-20-13-15-21(16-14-20)27-24(29)26-19-9-4-3-5-10-19/h3-11,13-16H,2,12,17H2,1H3,(H,25,28)(H2,26,27,29). The van der Waals surface area contributed by atoms with Gasteiger partial charge in [0.15, 0.2) is 0 Å². The first kappa shape index (κ1) is 20.9. The van der Waals surface area contributed by atoms with Crippen LogP contribution in [-0.4, -0.2) is 18.5 Å². The van der Waals surface area contributed by atoms with Gasteiger partial charge in [0.25, 0.3) is 0 Å². The third kappa shape index (κ3) is 6.38. The van der Waals surface area contributed by atoms with Gasteiger partial charge in [-0.3, -0.25) is 4.79 Å². The lowest BCUT2D eigenvalue weighted by atomic mass is 10.1. The molecule has 0 aliphatic heterocycles. The molecule has 3 rings (SSSR count). The normalized spacial score (nSPS) is 10.2. The number of carbonyl (C=O) groups is 2. The van der Waals surface area contributed by atoms with Crippen LogP contribution in [0, 0.1) is 0 Å². The lowest BCUT2D eigenvalue weighted by Gasteiger charge is -2.11. The average Bonchev–Trinajstić information content (AvgIpc) is 2.75. The molecule has 0 fully saturated rings. The van der Waals surface area contributed by atoms with E-state index in [4.69, 9.17) is 4.74 Å². The molecule has 0 aliphatic carbocycles. The first-order valence-electron chi connectivity index (χ1n) is 9.87. The van der Waals surface area contributed by atoms with E-state index in [0.717, 1.165) is 11.3 Å². The summed E-state index contributed by atoms with van der Waals surface area (Å²) in [6.07, 6.45) is 0.949. The molecule has 0 atom stereocenters. The Kier molecular flexibility index (Phi) is 7.44. The fourth-order valence-electron chi connectivity index (χ4n) is 2.93. The number of anilines is 3. The highest BCUT2D eigenvalue weighted by molar-refractivity contribution is 6.00. The Morgan fingerprint density at radius 3 is 1.97 bits per heavy atom. The maximum absolute atomic E-state index is 12.3. The SMILES string of the molecule is CCOc1ccccc1CCC(=O)Nc1ccc(NC(=O)Nc2ccccc2)cc1. The van der Waals surface area contributed by atoms with Crippen molar-refractivity contribution in [3.8, 4) is 5.75 Å². The predicted octanol–water partition coefficient (Wildman–Crippen LogP) is 5.30. The molecular weight excluding hydrogens is 378 g/mol. The van der Waals surface area contributed by atoms with Crippen LogP contribution in [0.25, 0.3) is 0 Å². The fourth-order valence-corrected chi connectivity index (χ4v) is 2.93. The maximum Gasteiger partial charge on any atom is 0.323 e. The first-order chi connectivity index (χ1) is 14.6. The molecule has 0 spiro atoms.